The number of carbonyl (C=O) groups is 3. The van der Waals surface area contributed by atoms with Crippen LogP contribution < -0.4 is 5.32 Å². The van der Waals surface area contributed by atoms with E-state index in [0.717, 1.165) is 12.1 Å². The van der Waals surface area contributed by atoms with E-state index in [1.165, 1.54) is 0 Å². The van der Waals surface area contributed by atoms with Gasteiger partial charge in [0.15, 0.2) is 0 Å². The van der Waals surface area contributed by atoms with Gasteiger partial charge in [-0.05, 0) is 46.9 Å². The van der Waals surface area contributed by atoms with Crippen molar-refractivity contribution in [2.24, 2.45) is 0 Å². The van der Waals surface area contributed by atoms with Crippen molar-refractivity contribution in [3.8, 4) is 0 Å². The van der Waals surface area contributed by atoms with Crippen molar-refractivity contribution in [2.75, 3.05) is 39.8 Å². The van der Waals surface area contributed by atoms with Crippen LogP contribution in [0, 0.1) is 0 Å². The van der Waals surface area contributed by atoms with Crippen molar-refractivity contribution in [1.29, 1.82) is 0 Å². The summed E-state index contributed by atoms with van der Waals surface area (Å²) in [6.07, 6.45) is -0.479. The summed E-state index contributed by atoms with van der Waals surface area (Å²) in [6.45, 7) is 10.1. The SMILES string of the molecule is CCN(CCNC(=O)c1ccc2c(c1)C(=O)OC2(C)C)C(=O)C1CN(C)CC(C)O1. The molecule has 2 atom stereocenters. The standard InChI is InChI=1S/C22H31N3O5/c1-6-25(20(27)18-13-24(5)12-14(2)29-18)10-9-23-19(26)15-7-8-17-16(11-15)21(28)30-22(17,3)4/h7-8,11,14,18H,6,9-10,12-13H2,1-5H3,(H,23,26). The molecule has 0 bridgehead atoms. The van der Waals surface area contributed by atoms with Crippen LogP contribution in [0.25, 0.3) is 0 Å². The number of nitrogens with one attached hydrogen (secondary N) is 1. The second-order valence-electron chi connectivity index (χ2n) is 8.49. The Morgan fingerprint density at radius 1 is 1.30 bits per heavy atom. The largest absolute Gasteiger partial charge is 0.451 e. The first-order valence-electron chi connectivity index (χ1n) is 10.4. The fourth-order valence-electron chi connectivity index (χ4n) is 4.05. The number of ether oxygens (including phenoxy) is 2. The lowest BCUT2D eigenvalue weighted by Gasteiger charge is -2.36. The molecule has 1 aromatic rings. The summed E-state index contributed by atoms with van der Waals surface area (Å²) >= 11 is 0. The smallest absolute Gasteiger partial charge is 0.339 e. The minimum Gasteiger partial charge on any atom is -0.451 e. The van der Waals surface area contributed by atoms with E-state index in [4.69, 9.17) is 9.47 Å². The summed E-state index contributed by atoms with van der Waals surface area (Å²) < 4.78 is 11.2. The van der Waals surface area contributed by atoms with Crippen molar-refractivity contribution in [3.05, 3.63) is 34.9 Å². The van der Waals surface area contributed by atoms with Gasteiger partial charge in [-0.2, -0.15) is 0 Å². The minimum absolute atomic E-state index is 0.00702. The third-order valence-corrected chi connectivity index (χ3v) is 5.58. The highest BCUT2D eigenvalue weighted by Gasteiger charge is 2.38. The highest BCUT2D eigenvalue weighted by atomic mass is 16.6. The molecule has 1 N–H and O–H groups in total. The number of nitrogens with zero attached hydrogens (tertiary/aromatic N) is 2. The lowest BCUT2D eigenvalue weighted by Crippen LogP contribution is -2.53. The van der Waals surface area contributed by atoms with Gasteiger partial charge in [0.25, 0.3) is 11.8 Å². The Labute approximate surface area is 177 Å². The van der Waals surface area contributed by atoms with E-state index in [-0.39, 0.29) is 17.9 Å². The number of hydrogen-bond donors (Lipinski definition) is 1. The number of fused-ring (bicyclic) bond motifs is 1. The summed E-state index contributed by atoms with van der Waals surface area (Å²) in [6, 6.07) is 5.01. The summed E-state index contributed by atoms with van der Waals surface area (Å²) in [7, 11) is 1.98. The summed E-state index contributed by atoms with van der Waals surface area (Å²) in [5.74, 6) is -0.771. The van der Waals surface area contributed by atoms with Crippen LogP contribution in [0.4, 0.5) is 0 Å². The summed E-state index contributed by atoms with van der Waals surface area (Å²) in [5, 5.41) is 2.83. The Morgan fingerprint density at radius 3 is 2.70 bits per heavy atom. The Bertz CT molecular complexity index is 828. The predicted octanol–water partition coefficient (Wildman–Crippen LogP) is 1.39. The highest BCUT2D eigenvalue weighted by Crippen LogP contribution is 2.36. The number of esters is 1. The van der Waals surface area contributed by atoms with Gasteiger partial charge in [0.05, 0.1) is 11.7 Å². The van der Waals surface area contributed by atoms with Crippen LogP contribution >= 0.6 is 0 Å². The van der Waals surface area contributed by atoms with E-state index in [1.807, 2.05) is 34.7 Å². The number of likely N-dealkylation sites (N-methyl/N-ethyl adjacent to an activating group) is 2. The molecule has 1 fully saturated rings. The molecular formula is C22H31N3O5. The maximum atomic E-state index is 12.8. The molecule has 8 heteroatoms. The zero-order valence-electron chi connectivity index (χ0n) is 18.4. The lowest BCUT2D eigenvalue weighted by molar-refractivity contribution is -0.154. The normalized spacial score (nSPS) is 22.9. The summed E-state index contributed by atoms with van der Waals surface area (Å²) in [4.78, 5) is 41.2. The van der Waals surface area contributed by atoms with E-state index in [2.05, 4.69) is 10.2 Å². The molecule has 1 saturated heterocycles. The molecule has 0 spiro atoms. The van der Waals surface area contributed by atoms with Crippen LogP contribution in [-0.4, -0.2) is 79.6 Å². The topological polar surface area (TPSA) is 88.2 Å². The third-order valence-electron chi connectivity index (χ3n) is 5.58. The van der Waals surface area contributed by atoms with Crippen molar-refractivity contribution < 1.29 is 23.9 Å². The first kappa shape index (κ1) is 22.2. The number of cyclic esters (lactones) is 1. The van der Waals surface area contributed by atoms with Gasteiger partial charge in [0.1, 0.15) is 11.7 Å². The average molecular weight is 418 g/mol. The second kappa shape index (κ2) is 8.73. The molecule has 30 heavy (non-hydrogen) atoms. The van der Waals surface area contributed by atoms with Crippen molar-refractivity contribution in [1.82, 2.24) is 15.1 Å². The molecular weight excluding hydrogens is 386 g/mol. The molecule has 2 unspecified atom stereocenters. The number of hydrogen-bond acceptors (Lipinski definition) is 6. The molecule has 0 aliphatic carbocycles. The molecule has 2 amide bonds. The monoisotopic (exact) mass is 417 g/mol. The van der Waals surface area contributed by atoms with Crippen molar-refractivity contribution >= 4 is 17.8 Å². The average Bonchev–Trinajstić information content (AvgIpc) is 2.92. The fourth-order valence-corrected chi connectivity index (χ4v) is 4.05. The lowest BCUT2D eigenvalue weighted by atomic mass is 9.94. The molecule has 0 saturated carbocycles. The van der Waals surface area contributed by atoms with Gasteiger partial charge >= 0.3 is 5.97 Å². The van der Waals surface area contributed by atoms with E-state index >= 15 is 0 Å². The van der Waals surface area contributed by atoms with E-state index in [9.17, 15) is 14.4 Å². The number of benzene rings is 1. The third kappa shape index (κ3) is 4.65. The molecule has 0 aromatic heterocycles. The molecule has 2 aliphatic rings. The Morgan fingerprint density at radius 2 is 2.03 bits per heavy atom. The van der Waals surface area contributed by atoms with Gasteiger partial charge in [-0.3, -0.25) is 9.59 Å². The van der Waals surface area contributed by atoms with Gasteiger partial charge < -0.3 is 24.6 Å². The summed E-state index contributed by atoms with van der Waals surface area (Å²) in [5.41, 5.74) is 0.906. The highest BCUT2D eigenvalue weighted by molar-refractivity contribution is 6.00. The number of carbonyl (C=O) groups excluding carboxylic acids is 3. The predicted molar refractivity (Wildman–Crippen MR) is 111 cm³/mol. The van der Waals surface area contributed by atoms with Crippen LogP contribution in [0.5, 0.6) is 0 Å². The number of amides is 2. The van der Waals surface area contributed by atoms with E-state index < -0.39 is 17.7 Å². The van der Waals surface area contributed by atoms with Gasteiger partial charge in [-0.25, -0.2) is 4.79 Å². The van der Waals surface area contributed by atoms with Crippen LogP contribution in [0.15, 0.2) is 18.2 Å². The molecule has 3 rings (SSSR count). The van der Waals surface area contributed by atoms with Crippen LogP contribution in [0.1, 0.15) is 54.0 Å². The maximum Gasteiger partial charge on any atom is 0.339 e. The molecule has 2 heterocycles. The molecule has 2 aliphatic heterocycles. The van der Waals surface area contributed by atoms with Gasteiger partial charge in [0, 0.05) is 43.9 Å². The van der Waals surface area contributed by atoms with E-state index in [0.29, 0.717) is 37.3 Å². The minimum atomic E-state index is -0.684. The zero-order chi connectivity index (χ0) is 22.1. The van der Waals surface area contributed by atoms with E-state index in [1.54, 1.807) is 23.1 Å². The van der Waals surface area contributed by atoms with Crippen molar-refractivity contribution in [3.63, 3.8) is 0 Å². The first-order chi connectivity index (χ1) is 14.1. The van der Waals surface area contributed by atoms with Crippen molar-refractivity contribution in [2.45, 2.75) is 45.5 Å². The molecule has 1 aromatic carbocycles. The maximum absolute atomic E-state index is 12.8. The zero-order valence-corrected chi connectivity index (χ0v) is 18.4. The Kier molecular flexibility index (Phi) is 6.47. The van der Waals surface area contributed by atoms with Crippen LogP contribution in [0.2, 0.25) is 0 Å². The molecule has 164 valence electrons. The molecule has 0 radical (unpaired) electrons. The van der Waals surface area contributed by atoms with Crippen LogP contribution in [0.3, 0.4) is 0 Å². The first-order valence-corrected chi connectivity index (χ1v) is 10.4. The van der Waals surface area contributed by atoms with Gasteiger partial charge in [-0.1, -0.05) is 6.07 Å². The fraction of sp³-hybridized carbons (Fsp3) is 0.591. The second-order valence-corrected chi connectivity index (χ2v) is 8.49. The van der Waals surface area contributed by atoms with Gasteiger partial charge in [0.2, 0.25) is 0 Å². The van der Waals surface area contributed by atoms with Gasteiger partial charge in [-0.15, -0.1) is 0 Å². The van der Waals surface area contributed by atoms with Crippen LogP contribution in [-0.2, 0) is 19.9 Å². The number of morpholine rings is 1. The Hall–Kier alpha value is -2.45. The molecule has 8 nitrogen and oxygen atoms in total. The quantitative estimate of drug-likeness (QED) is 0.704. The number of rotatable bonds is 6. The Balaban J connectivity index is 1.56.